The predicted octanol–water partition coefficient (Wildman–Crippen LogP) is 4.27. The number of fused-ring (bicyclic) bond motifs is 2. The summed E-state index contributed by atoms with van der Waals surface area (Å²) < 4.78 is 2.02. The van der Waals surface area contributed by atoms with Crippen molar-refractivity contribution in [2.45, 2.75) is 38.4 Å². The van der Waals surface area contributed by atoms with Gasteiger partial charge >= 0.3 is 0 Å². The van der Waals surface area contributed by atoms with Crippen molar-refractivity contribution < 1.29 is 4.79 Å². The number of halogens is 1. The zero-order chi connectivity index (χ0) is 17.7. The minimum Gasteiger partial charge on any atom is -0.322 e. The van der Waals surface area contributed by atoms with Crippen LogP contribution >= 0.6 is 11.6 Å². The van der Waals surface area contributed by atoms with E-state index in [-0.39, 0.29) is 5.91 Å². The largest absolute Gasteiger partial charge is 0.322 e. The molecule has 132 valence electrons. The third-order valence-electron chi connectivity index (χ3n) is 5.44. The van der Waals surface area contributed by atoms with Crippen LogP contribution in [0.25, 0.3) is 10.9 Å². The second-order valence-electron chi connectivity index (χ2n) is 7.10. The van der Waals surface area contributed by atoms with E-state index in [1.54, 1.807) is 12.3 Å². The van der Waals surface area contributed by atoms with Crippen molar-refractivity contribution in [3.63, 3.8) is 0 Å². The molecule has 1 amide bonds. The van der Waals surface area contributed by atoms with Crippen molar-refractivity contribution in [2.24, 2.45) is 0 Å². The minimum absolute atomic E-state index is 0.156. The number of hydrogen-bond acceptors (Lipinski definition) is 3. The number of rotatable bonds is 3. The van der Waals surface area contributed by atoms with Crippen LogP contribution in [0.3, 0.4) is 0 Å². The Kier molecular flexibility index (Phi) is 3.72. The summed E-state index contributed by atoms with van der Waals surface area (Å²) in [6.45, 7) is 1.73. The Labute approximate surface area is 156 Å². The maximum Gasteiger partial charge on any atom is 0.256 e. The molecule has 0 unspecified atom stereocenters. The van der Waals surface area contributed by atoms with Crippen LogP contribution in [-0.4, -0.2) is 15.7 Å². The second-order valence-corrected chi connectivity index (χ2v) is 7.54. The van der Waals surface area contributed by atoms with Crippen LogP contribution in [0.4, 0.5) is 5.69 Å². The van der Waals surface area contributed by atoms with E-state index >= 15 is 0 Å². The number of amides is 1. The first-order valence-electron chi connectivity index (χ1n) is 9.00. The number of nitrogens with zero attached hydrogens (tertiary/aromatic N) is 2. The van der Waals surface area contributed by atoms with Gasteiger partial charge in [-0.15, -0.1) is 0 Å². The van der Waals surface area contributed by atoms with Crippen molar-refractivity contribution in [3.05, 3.63) is 58.2 Å². The normalized spacial score (nSPS) is 16.5. The van der Waals surface area contributed by atoms with Crippen LogP contribution in [-0.2, 0) is 13.1 Å². The Bertz CT molecular complexity index is 1020. The molecular formula is C20H19ClN4O. The lowest BCUT2D eigenvalue weighted by atomic mass is 9.93. The number of carbonyl (C=O) groups excluding carboxylic acids is 1. The highest BCUT2D eigenvalue weighted by molar-refractivity contribution is 6.32. The Balaban J connectivity index is 1.49. The lowest BCUT2D eigenvalue weighted by Crippen LogP contribution is -2.18. The smallest absolute Gasteiger partial charge is 0.256 e. The average molecular weight is 367 g/mol. The van der Waals surface area contributed by atoms with E-state index in [9.17, 15) is 4.79 Å². The highest BCUT2D eigenvalue weighted by Gasteiger charge is 2.24. The number of hydrogen-bond donors (Lipinski definition) is 2. The van der Waals surface area contributed by atoms with Gasteiger partial charge < -0.3 is 10.6 Å². The molecule has 0 spiro atoms. The number of carbonyl (C=O) groups is 1. The van der Waals surface area contributed by atoms with Crippen LogP contribution in [0.15, 0.2) is 36.5 Å². The third-order valence-corrected chi connectivity index (χ3v) is 5.66. The molecule has 2 N–H and O–H groups in total. The van der Waals surface area contributed by atoms with Crippen LogP contribution in [0.5, 0.6) is 0 Å². The van der Waals surface area contributed by atoms with Gasteiger partial charge in [-0.1, -0.05) is 17.7 Å². The maximum atomic E-state index is 12.9. The predicted molar refractivity (Wildman–Crippen MR) is 103 cm³/mol. The number of benzene rings is 2. The summed E-state index contributed by atoms with van der Waals surface area (Å²) in [7, 11) is 0. The second kappa shape index (κ2) is 6.11. The van der Waals surface area contributed by atoms with Gasteiger partial charge in [0.05, 0.1) is 23.3 Å². The summed E-state index contributed by atoms with van der Waals surface area (Å²) in [5.74, 6) is -0.156. The molecule has 1 aliphatic heterocycles. The van der Waals surface area contributed by atoms with Crippen molar-refractivity contribution in [2.75, 3.05) is 5.32 Å². The molecule has 2 aromatic carbocycles. The summed E-state index contributed by atoms with van der Waals surface area (Å²) in [5.41, 5.74) is 4.82. The standard InChI is InChI=1S/C20H19ClN4O/c21-14-7-17(18-11-23-25(19(18)8-14)16-2-1-3-16)20(26)24-15-5-4-12-9-22-10-13(12)6-15/h4-8,11,16,22H,1-3,9-10H2,(H,24,26). The van der Waals surface area contributed by atoms with Gasteiger partial charge in [-0.25, -0.2) is 0 Å². The molecule has 5 rings (SSSR count). The fraction of sp³-hybridized carbons (Fsp3) is 0.300. The Morgan fingerprint density at radius 3 is 2.85 bits per heavy atom. The Morgan fingerprint density at radius 1 is 1.19 bits per heavy atom. The molecule has 6 heteroatoms. The first kappa shape index (κ1) is 15.9. The third kappa shape index (κ3) is 2.59. The van der Waals surface area contributed by atoms with Crippen LogP contribution in [0.1, 0.15) is 46.8 Å². The number of anilines is 1. The first-order valence-corrected chi connectivity index (χ1v) is 9.37. The molecule has 0 radical (unpaired) electrons. The average Bonchev–Trinajstić information content (AvgIpc) is 3.19. The molecule has 3 aromatic rings. The molecule has 0 bridgehead atoms. The van der Waals surface area contributed by atoms with Crippen LogP contribution in [0, 0.1) is 0 Å². The van der Waals surface area contributed by atoms with Crippen LogP contribution < -0.4 is 10.6 Å². The summed E-state index contributed by atoms with van der Waals surface area (Å²) in [6, 6.07) is 10.1. The molecule has 0 saturated heterocycles. The fourth-order valence-corrected chi connectivity index (χ4v) is 4.00. The topological polar surface area (TPSA) is 59.0 Å². The molecule has 2 heterocycles. The zero-order valence-corrected chi connectivity index (χ0v) is 15.0. The molecule has 1 fully saturated rings. The SMILES string of the molecule is O=C(Nc1ccc2c(c1)CNC2)c1cc(Cl)cc2c1cnn2C1CCC1. The van der Waals surface area contributed by atoms with Crippen LogP contribution in [0.2, 0.25) is 5.02 Å². The summed E-state index contributed by atoms with van der Waals surface area (Å²) in [5, 5.41) is 12.3. The van der Waals surface area contributed by atoms with Crippen molar-refractivity contribution in [1.82, 2.24) is 15.1 Å². The van der Waals surface area contributed by atoms with E-state index in [2.05, 4.69) is 21.8 Å². The van der Waals surface area contributed by atoms with Crippen molar-refractivity contribution >= 4 is 34.1 Å². The molecule has 2 aliphatic rings. The molecule has 1 aliphatic carbocycles. The van der Waals surface area contributed by atoms with E-state index in [1.807, 2.05) is 22.9 Å². The molecule has 1 aromatic heterocycles. The Hall–Kier alpha value is -2.37. The maximum absolute atomic E-state index is 12.9. The van der Waals surface area contributed by atoms with Gasteiger partial charge in [-0.2, -0.15) is 5.10 Å². The summed E-state index contributed by atoms with van der Waals surface area (Å²) >= 11 is 6.31. The molecule has 0 atom stereocenters. The first-order chi connectivity index (χ1) is 12.7. The highest BCUT2D eigenvalue weighted by Crippen LogP contribution is 2.35. The molecular weight excluding hydrogens is 348 g/mol. The van der Waals surface area contributed by atoms with Gasteiger partial charge in [0.15, 0.2) is 0 Å². The lowest BCUT2D eigenvalue weighted by Gasteiger charge is -2.26. The van der Waals surface area contributed by atoms with Gasteiger partial charge in [0.1, 0.15) is 0 Å². The van der Waals surface area contributed by atoms with Gasteiger partial charge in [0, 0.05) is 29.2 Å². The molecule has 1 saturated carbocycles. The monoisotopic (exact) mass is 366 g/mol. The number of nitrogens with one attached hydrogen (secondary N) is 2. The summed E-state index contributed by atoms with van der Waals surface area (Å²) in [6.07, 6.45) is 5.28. The molecule has 5 nitrogen and oxygen atoms in total. The summed E-state index contributed by atoms with van der Waals surface area (Å²) in [4.78, 5) is 12.9. The van der Waals surface area contributed by atoms with Crippen molar-refractivity contribution in [3.8, 4) is 0 Å². The van der Waals surface area contributed by atoms with E-state index in [0.717, 1.165) is 42.5 Å². The molecule has 26 heavy (non-hydrogen) atoms. The lowest BCUT2D eigenvalue weighted by molar-refractivity contribution is 0.102. The van der Waals surface area contributed by atoms with E-state index in [0.29, 0.717) is 16.6 Å². The zero-order valence-electron chi connectivity index (χ0n) is 14.3. The van der Waals surface area contributed by atoms with Gasteiger partial charge in [-0.3, -0.25) is 9.48 Å². The number of aromatic nitrogens is 2. The highest BCUT2D eigenvalue weighted by atomic mass is 35.5. The van der Waals surface area contributed by atoms with Gasteiger partial charge in [0.25, 0.3) is 5.91 Å². The van der Waals surface area contributed by atoms with Gasteiger partial charge in [-0.05, 0) is 54.7 Å². The Morgan fingerprint density at radius 2 is 2.04 bits per heavy atom. The van der Waals surface area contributed by atoms with E-state index in [4.69, 9.17) is 11.6 Å². The minimum atomic E-state index is -0.156. The van der Waals surface area contributed by atoms with Crippen molar-refractivity contribution in [1.29, 1.82) is 0 Å². The fourth-order valence-electron chi connectivity index (χ4n) is 3.79. The quantitative estimate of drug-likeness (QED) is 0.727. The van der Waals surface area contributed by atoms with E-state index < -0.39 is 0 Å². The van der Waals surface area contributed by atoms with E-state index in [1.165, 1.54) is 17.5 Å². The van der Waals surface area contributed by atoms with Gasteiger partial charge in [0.2, 0.25) is 0 Å².